The molecule has 0 spiro atoms. The molecule has 6 heteroatoms. The van der Waals surface area contributed by atoms with Crippen molar-refractivity contribution in [3.8, 4) is 5.75 Å². The molecule has 2 nitrogen and oxygen atoms in total. The van der Waals surface area contributed by atoms with Gasteiger partial charge >= 0.3 is 6.18 Å². The number of phenols is 1. The van der Waals surface area contributed by atoms with Crippen LogP contribution in [-0.4, -0.2) is 11.3 Å². The highest BCUT2D eigenvalue weighted by Gasteiger charge is 2.40. The van der Waals surface area contributed by atoms with Gasteiger partial charge in [0.25, 0.3) is 0 Å². The Morgan fingerprint density at radius 2 is 1.86 bits per heavy atom. The van der Waals surface area contributed by atoms with Crippen LogP contribution < -0.4 is 5.73 Å². The normalized spacial score (nSPS) is 14.1. The molecule has 0 aliphatic rings. The predicted octanol–water partition coefficient (Wildman–Crippen LogP) is 2.09. The molecule has 0 aliphatic carbocycles. The molecule has 78 valence electrons. The van der Waals surface area contributed by atoms with Crippen molar-refractivity contribution in [2.75, 3.05) is 0 Å². The molecule has 0 saturated carbocycles. The smallest absolute Gasteiger partial charge is 0.407 e. The molecule has 0 aromatic heterocycles. The van der Waals surface area contributed by atoms with Crippen LogP contribution in [-0.2, 0) is 0 Å². The van der Waals surface area contributed by atoms with Crippen molar-refractivity contribution in [3.63, 3.8) is 0 Å². The number of phenolic OH excluding ortho intramolecular Hbond substituents is 1. The summed E-state index contributed by atoms with van der Waals surface area (Å²) in [7, 11) is 0. The lowest BCUT2D eigenvalue weighted by Crippen LogP contribution is -2.29. The first-order valence-electron chi connectivity index (χ1n) is 3.63. The summed E-state index contributed by atoms with van der Waals surface area (Å²) in [6, 6.07) is 0.339. The Kier molecular flexibility index (Phi) is 2.66. The van der Waals surface area contributed by atoms with Crippen LogP contribution >= 0.6 is 0 Å². The van der Waals surface area contributed by atoms with E-state index in [0.29, 0.717) is 0 Å². The van der Waals surface area contributed by atoms with Crippen LogP contribution in [0.25, 0.3) is 0 Å². The molecule has 1 atom stereocenters. The molecule has 0 radical (unpaired) electrons. The summed E-state index contributed by atoms with van der Waals surface area (Å²) in [6.07, 6.45) is -4.78. The quantitative estimate of drug-likeness (QED) is 0.695. The van der Waals surface area contributed by atoms with Gasteiger partial charge in [0.1, 0.15) is 17.6 Å². The van der Waals surface area contributed by atoms with Crippen LogP contribution in [0.3, 0.4) is 0 Å². The summed E-state index contributed by atoms with van der Waals surface area (Å²) < 4.78 is 49.2. The Hall–Kier alpha value is -1.30. The Morgan fingerprint density at radius 3 is 2.29 bits per heavy atom. The summed E-state index contributed by atoms with van der Waals surface area (Å²) >= 11 is 0. The number of hydrogen-bond donors (Lipinski definition) is 2. The molecule has 1 aromatic rings. The van der Waals surface area contributed by atoms with Gasteiger partial charge in [0.15, 0.2) is 0 Å². The molecule has 1 rings (SSSR count). The molecule has 0 fully saturated rings. The van der Waals surface area contributed by atoms with Crippen LogP contribution in [0.1, 0.15) is 11.6 Å². The summed E-state index contributed by atoms with van der Waals surface area (Å²) in [5.41, 5.74) is 3.82. The van der Waals surface area contributed by atoms with Crippen molar-refractivity contribution in [2.24, 2.45) is 5.73 Å². The Bertz CT molecular complexity index is 316. The van der Waals surface area contributed by atoms with E-state index in [2.05, 4.69) is 0 Å². The molecule has 0 aliphatic heterocycles. The zero-order chi connectivity index (χ0) is 10.9. The topological polar surface area (TPSA) is 46.2 Å². The van der Waals surface area contributed by atoms with Gasteiger partial charge < -0.3 is 10.8 Å². The van der Waals surface area contributed by atoms with Crippen LogP contribution in [0, 0.1) is 5.82 Å². The van der Waals surface area contributed by atoms with Gasteiger partial charge in [-0.25, -0.2) is 4.39 Å². The average molecular weight is 209 g/mol. The van der Waals surface area contributed by atoms with Crippen molar-refractivity contribution >= 4 is 0 Å². The lowest BCUT2D eigenvalue weighted by Gasteiger charge is -2.17. The highest BCUT2D eigenvalue weighted by molar-refractivity contribution is 5.36. The number of nitrogens with two attached hydrogens (primary N) is 1. The zero-order valence-electron chi connectivity index (χ0n) is 6.85. The van der Waals surface area contributed by atoms with E-state index in [1.54, 1.807) is 0 Å². The van der Waals surface area contributed by atoms with E-state index in [0.717, 1.165) is 18.2 Å². The maximum atomic E-state index is 12.9. The third kappa shape index (κ3) is 1.95. The fraction of sp³-hybridized carbons (Fsp3) is 0.250. The zero-order valence-corrected chi connectivity index (χ0v) is 6.85. The van der Waals surface area contributed by atoms with Crippen LogP contribution in [0.2, 0.25) is 0 Å². The molecular formula is C8H7F4NO. The lowest BCUT2D eigenvalue weighted by molar-refractivity contribution is -0.150. The van der Waals surface area contributed by atoms with Gasteiger partial charge in [-0.05, 0) is 12.1 Å². The van der Waals surface area contributed by atoms with E-state index in [-0.39, 0.29) is 0 Å². The first-order valence-corrected chi connectivity index (χ1v) is 3.63. The lowest BCUT2D eigenvalue weighted by atomic mass is 10.1. The minimum absolute atomic E-state index is 0.796. The summed E-state index contributed by atoms with van der Waals surface area (Å²) in [5, 5.41) is 9.01. The number of hydrogen-bond acceptors (Lipinski definition) is 2. The monoisotopic (exact) mass is 209 g/mol. The molecular weight excluding hydrogens is 202 g/mol. The first-order chi connectivity index (χ1) is 6.34. The molecule has 0 saturated heterocycles. The van der Waals surface area contributed by atoms with Gasteiger partial charge in [-0.3, -0.25) is 0 Å². The van der Waals surface area contributed by atoms with Gasteiger partial charge in [0, 0.05) is 0 Å². The van der Waals surface area contributed by atoms with Crippen LogP contribution in [0.15, 0.2) is 18.2 Å². The third-order valence-corrected chi connectivity index (χ3v) is 1.69. The molecule has 3 N–H and O–H groups in total. The van der Waals surface area contributed by atoms with Crippen LogP contribution in [0.4, 0.5) is 17.6 Å². The van der Waals surface area contributed by atoms with E-state index in [1.807, 2.05) is 0 Å². The van der Waals surface area contributed by atoms with Gasteiger partial charge in [-0.2, -0.15) is 13.2 Å². The van der Waals surface area contributed by atoms with E-state index in [4.69, 9.17) is 10.8 Å². The average Bonchev–Trinajstić information content (AvgIpc) is 2.01. The Labute approximate surface area is 77.0 Å². The van der Waals surface area contributed by atoms with Gasteiger partial charge in [0.2, 0.25) is 0 Å². The number of halogens is 4. The van der Waals surface area contributed by atoms with E-state index in [9.17, 15) is 17.6 Å². The number of aromatic hydroxyl groups is 1. The molecule has 0 amide bonds. The maximum absolute atomic E-state index is 12.9. The molecule has 0 heterocycles. The SMILES string of the molecule is N[C@@H](c1c(O)cccc1F)C(F)(F)F. The summed E-state index contributed by atoms with van der Waals surface area (Å²) in [5.74, 6) is -1.97. The molecule has 1 aromatic carbocycles. The van der Waals surface area contributed by atoms with Gasteiger partial charge in [0.05, 0.1) is 5.56 Å². The number of rotatable bonds is 1. The molecule has 0 bridgehead atoms. The van der Waals surface area contributed by atoms with E-state index < -0.39 is 29.3 Å². The third-order valence-electron chi connectivity index (χ3n) is 1.69. The number of alkyl halides is 3. The van der Waals surface area contributed by atoms with Crippen molar-refractivity contribution < 1.29 is 22.7 Å². The van der Waals surface area contributed by atoms with Gasteiger partial charge in [-0.15, -0.1) is 0 Å². The largest absolute Gasteiger partial charge is 0.507 e. The van der Waals surface area contributed by atoms with E-state index in [1.165, 1.54) is 0 Å². The standard InChI is InChI=1S/C8H7F4NO/c9-4-2-1-3-5(14)6(4)7(13)8(10,11)12/h1-3,7,14H,13H2/t7-/m0/s1. The Morgan fingerprint density at radius 1 is 1.29 bits per heavy atom. The second kappa shape index (κ2) is 3.45. The molecule has 14 heavy (non-hydrogen) atoms. The van der Waals surface area contributed by atoms with Crippen molar-refractivity contribution in [1.82, 2.24) is 0 Å². The maximum Gasteiger partial charge on any atom is 0.407 e. The number of benzene rings is 1. The minimum Gasteiger partial charge on any atom is -0.507 e. The fourth-order valence-corrected chi connectivity index (χ4v) is 0.997. The second-order valence-electron chi connectivity index (χ2n) is 2.69. The van der Waals surface area contributed by atoms with Crippen molar-refractivity contribution in [2.45, 2.75) is 12.2 Å². The minimum atomic E-state index is -4.78. The highest BCUT2D eigenvalue weighted by Crippen LogP contribution is 2.36. The summed E-state index contributed by atoms with van der Waals surface area (Å²) in [6.45, 7) is 0. The summed E-state index contributed by atoms with van der Waals surface area (Å²) in [4.78, 5) is 0. The molecule has 0 unspecified atom stereocenters. The Balaban J connectivity index is 3.19. The first kappa shape index (κ1) is 10.8. The predicted molar refractivity (Wildman–Crippen MR) is 41.0 cm³/mol. The van der Waals surface area contributed by atoms with Crippen LogP contribution in [0.5, 0.6) is 5.75 Å². The highest BCUT2D eigenvalue weighted by atomic mass is 19.4. The second-order valence-corrected chi connectivity index (χ2v) is 2.69. The fourth-order valence-electron chi connectivity index (χ4n) is 0.997. The van der Waals surface area contributed by atoms with E-state index >= 15 is 0 Å². The van der Waals surface area contributed by atoms with Crippen molar-refractivity contribution in [1.29, 1.82) is 0 Å². The van der Waals surface area contributed by atoms with Crippen molar-refractivity contribution in [3.05, 3.63) is 29.6 Å². The van der Waals surface area contributed by atoms with Gasteiger partial charge in [-0.1, -0.05) is 6.07 Å².